The highest BCUT2D eigenvalue weighted by molar-refractivity contribution is 6.22. The summed E-state index contributed by atoms with van der Waals surface area (Å²) in [6.45, 7) is 6.57. The van der Waals surface area contributed by atoms with Crippen molar-refractivity contribution in [1.29, 1.82) is 0 Å². The molecule has 0 fully saturated rings. The van der Waals surface area contributed by atoms with Crippen LogP contribution in [0.15, 0.2) is 48.5 Å². The maximum atomic E-state index is 6.56. The molecule has 1 heteroatoms. The Bertz CT molecular complexity index is 508. The van der Waals surface area contributed by atoms with Crippen molar-refractivity contribution in [3.05, 3.63) is 70.8 Å². The molecule has 0 N–H and O–H groups in total. The lowest BCUT2D eigenvalue weighted by Gasteiger charge is -2.13. The van der Waals surface area contributed by atoms with Gasteiger partial charge >= 0.3 is 0 Å². The first kappa shape index (κ1) is 14.1. The van der Waals surface area contributed by atoms with Crippen LogP contribution in [-0.2, 0) is 6.42 Å². The van der Waals surface area contributed by atoms with Crippen LogP contribution in [0.4, 0.5) is 0 Å². The summed E-state index contributed by atoms with van der Waals surface area (Å²) in [5.41, 5.74) is 5.03. The van der Waals surface area contributed by atoms with Gasteiger partial charge < -0.3 is 0 Å². The van der Waals surface area contributed by atoms with Crippen LogP contribution in [0.1, 0.15) is 54.3 Å². The molecule has 0 amide bonds. The van der Waals surface area contributed by atoms with Crippen LogP contribution in [0.5, 0.6) is 0 Å². The fourth-order valence-electron chi connectivity index (χ4n) is 2.16. The van der Waals surface area contributed by atoms with Gasteiger partial charge in [-0.3, -0.25) is 0 Å². The van der Waals surface area contributed by atoms with Gasteiger partial charge in [-0.1, -0.05) is 69.3 Å². The molecular formula is C18H21Cl. The van der Waals surface area contributed by atoms with Gasteiger partial charge in [0, 0.05) is 0 Å². The Labute approximate surface area is 121 Å². The summed E-state index contributed by atoms with van der Waals surface area (Å²) in [5, 5.41) is -0.0629. The number of aryl methyl sites for hydroxylation is 1. The summed E-state index contributed by atoms with van der Waals surface area (Å²) in [6, 6.07) is 17.2. The van der Waals surface area contributed by atoms with Crippen LogP contribution in [0.25, 0.3) is 0 Å². The lowest BCUT2D eigenvalue weighted by molar-refractivity contribution is 0.865. The van der Waals surface area contributed by atoms with E-state index in [0.29, 0.717) is 5.92 Å². The Balaban J connectivity index is 2.20. The number of hydrogen-bond acceptors (Lipinski definition) is 0. The van der Waals surface area contributed by atoms with Crippen molar-refractivity contribution in [2.24, 2.45) is 0 Å². The predicted molar refractivity (Wildman–Crippen MR) is 84.0 cm³/mol. The Morgan fingerprint density at radius 2 is 1.21 bits per heavy atom. The zero-order valence-corrected chi connectivity index (χ0v) is 12.6. The van der Waals surface area contributed by atoms with Gasteiger partial charge in [0.1, 0.15) is 0 Å². The van der Waals surface area contributed by atoms with Crippen molar-refractivity contribution in [1.82, 2.24) is 0 Å². The minimum atomic E-state index is -0.0629. The average molecular weight is 273 g/mol. The third-order valence-electron chi connectivity index (χ3n) is 3.58. The van der Waals surface area contributed by atoms with E-state index >= 15 is 0 Å². The third kappa shape index (κ3) is 3.39. The molecule has 0 nitrogen and oxygen atoms in total. The lowest BCUT2D eigenvalue weighted by atomic mass is 9.98. The van der Waals surface area contributed by atoms with E-state index in [0.717, 1.165) is 17.5 Å². The van der Waals surface area contributed by atoms with E-state index in [-0.39, 0.29) is 5.38 Å². The molecule has 0 heterocycles. The first-order valence-electron chi connectivity index (χ1n) is 6.94. The molecule has 0 aliphatic rings. The molecule has 2 rings (SSSR count). The van der Waals surface area contributed by atoms with Crippen molar-refractivity contribution in [2.45, 2.75) is 38.5 Å². The molecule has 1 atom stereocenters. The van der Waals surface area contributed by atoms with Gasteiger partial charge in [-0.2, -0.15) is 0 Å². The van der Waals surface area contributed by atoms with Crippen molar-refractivity contribution in [2.75, 3.05) is 0 Å². The first-order valence-corrected chi connectivity index (χ1v) is 7.38. The van der Waals surface area contributed by atoms with Crippen LogP contribution in [-0.4, -0.2) is 0 Å². The first-order chi connectivity index (χ1) is 9.11. The number of rotatable bonds is 4. The molecule has 1 unspecified atom stereocenters. The van der Waals surface area contributed by atoms with Gasteiger partial charge in [-0.15, -0.1) is 11.6 Å². The molecule has 0 aromatic heterocycles. The van der Waals surface area contributed by atoms with Gasteiger partial charge in [0.2, 0.25) is 0 Å². The largest absolute Gasteiger partial charge is 0.113 e. The molecule has 100 valence electrons. The predicted octanol–water partition coefficient (Wildman–Crippen LogP) is 5.70. The molecule has 2 aromatic rings. The van der Waals surface area contributed by atoms with Crippen molar-refractivity contribution < 1.29 is 0 Å². The fraction of sp³-hybridized carbons (Fsp3) is 0.333. The molecule has 0 radical (unpaired) electrons. The Hall–Kier alpha value is -1.27. The average Bonchev–Trinajstić information content (AvgIpc) is 2.46. The molecule has 2 aromatic carbocycles. The van der Waals surface area contributed by atoms with E-state index in [9.17, 15) is 0 Å². The van der Waals surface area contributed by atoms with E-state index in [4.69, 9.17) is 11.6 Å². The fourth-order valence-corrected chi connectivity index (χ4v) is 2.46. The normalized spacial score (nSPS) is 12.7. The van der Waals surface area contributed by atoms with Crippen LogP contribution in [0.3, 0.4) is 0 Å². The number of halogens is 1. The zero-order valence-electron chi connectivity index (χ0n) is 11.9. The number of hydrogen-bond donors (Lipinski definition) is 0. The molecule has 0 aliphatic heterocycles. The quantitative estimate of drug-likeness (QED) is 0.626. The van der Waals surface area contributed by atoms with Crippen molar-refractivity contribution in [3.63, 3.8) is 0 Å². The standard InChI is InChI=1S/C18H21Cl/c1-4-14-5-7-16(8-6-14)18(19)17-11-9-15(10-12-17)13(2)3/h5-13,18H,4H2,1-3H3. The second-order valence-corrected chi connectivity index (χ2v) is 5.72. The highest BCUT2D eigenvalue weighted by atomic mass is 35.5. The summed E-state index contributed by atoms with van der Waals surface area (Å²) in [5.74, 6) is 0.562. The van der Waals surface area contributed by atoms with Crippen LogP contribution >= 0.6 is 11.6 Å². The summed E-state index contributed by atoms with van der Waals surface area (Å²) in [7, 11) is 0. The van der Waals surface area contributed by atoms with Gasteiger partial charge in [-0.05, 0) is 34.6 Å². The molecule has 0 saturated heterocycles. The van der Waals surface area contributed by atoms with E-state index in [1.54, 1.807) is 0 Å². The summed E-state index contributed by atoms with van der Waals surface area (Å²) < 4.78 is 0. The van der Waals surface area contributed by atoms with Crippen LogP contribution in [0, 0.1) is 0 Å². The highest BCUT2D eigenvalue weighted by Crippen LogP contribution is 2.29. The van der Waals surface area contributed by atoms with Crippen molar-refractivity contribution in [3.8, 4) is 0 Å². The molecule has 0 aliphatic carbocycles. The molecule has 0 saturated carbocycles. The van der Waals surface area contributed by atoms with Gasteiger partial charge in [0.15, 0.2) is 0 Å². The molecule has 0 bridgehead atoms. The maximum Gasteiger partial charge on any atom is 0.0835 e. The van der Waals surface area contributed by atoms with Gasteiger partial charge in [0.05, 0.1) is 5.38 Å². The van der Waals surface area contributed by atoms with Gasteiger partial charge in [-0.25, -0.2) is 0 Å². The number of benzene rings is 2. The van der Waals surface area contributed by atoms with Crippen LogP contribution in [0.2, 0.25) is 0 Å². The Morgan fingerprint density at radius 3 is 1.63 bits per heavy atom. The molecule has 0 spiro atoms. The monoisotopic (exact) mass is 272 g/mol. The second-order valence-electron chi connectivity index (χ2n) is 5.28. The minimum Gasteiger partial charge on any atom is -0.113 e. The smallest absolute Gasteiger partial charge is 0.0835 e. The van der Waals surface area contributed by atoms with E-state index in [1.165, 1.54) is 11.1 Å². The number of alkyl halides is 1. The molecular weight excluding hydrogens is 252 g/mol. The highest BCUT2D eigenvalue weighted by Gasteiger charge is 2.10. The third-order valence-corrected chi connectivity index (χ3v) is 4.08. The summed E-state index contributed by atoms with van der Waals surface area (Å²) in [6.07, 6.45) is 1.07. The lowest BCUT2D eigenvalue weighted by Crippen LogP contribution is -1.95. The Kier molecular flexibility index (Phi) is 4.66. The van der Waals surface area contributed by atoms with E-state index in [1.807, 2.05) is 0 Å². The van der Waals surface area contributed by atoms with E-state index < -0.39 is 0 Å². The SMILES string of the molecule is CCc1ccc(C(Cl)c2ccc(C(C)C)cc2)cc1. The van der Waals surface area contributed by atoms with E-state index in [2.05, 4.69) is 69.3 Å². The summed E-state index contributed by atoms with van der Waals surface area (Å²) in [4.78, 5) is 0. The molecule has 19 heavy (non-hydrogen) atoms. The maximum absolute atomic E-state index is 6.56. The van der Waals surface area contributed by atoms with Crippen molar-refractivity contribution >= 4 is 11.6 Å². The second kappa shape index (κ2) is 6.25. The topological polar surface area (TPSA) is 0 Å². The van der Waals surface area contributed by atoms with Crippen LogP contribution < -0.4 is 0 Å². The minimum absolute atomic E-state index is 0.0629. The Morgan fingerprint density at radius 1 is 0.789 bits per heavy atom. The zero-order chi connectivity index (χ0) is 13.8. The summed E-state index contributed by atoms with van der Waals surface area (Å²) >= 11 is 6.56. The van der Waals surface area contributed by atoms with Gasteiger partial charge in [0.25, 0.3) is 0 Å².